The normalized spacial score (nSPS) is 10.1. The molecule has 18 heavy (non-hydrogen) atoms. The van der Waals surface area contributed by atoms with Crippen molar-refractivity contribution in [3.63, 3.8) is 0 Å². The van der Waals surface area contributed by atoms with Crippen molar-refractivity contribution in [1.82, 2.24) is 5.16 Å². The van der Waals surface area contributed by atoms with Gasteiger partial charge in [0, 0.05) is 16.2 Å². The second-order valence-electron chi connectivity index (χ2n) is 3.73. The highest BCUT2D eigenvalue weighted by molar-refractivity contribution is 9.10. The smallest absolute Gasteiger partial charge is 0.244 e. The van der Waals surface area contributed by atoms with Crippen LogP contribution in [0.1, 0.15) is 5.76 Å². The molecular formula is C12H12BrN3O2. The molecule has 1 aromatic carbocycles. The monoisotopic (exact) mass is 309 g/mol. The van der Waals surface area contributed by atoms with E-state index >= 15 is 0 Å². The zero-order valence-electron chi connectivity index (χ0n) is 9.74. The van der Waals surface area contributed by atoms with Crippen molar-refractivity contribution >= 4 is 33.3 Å². The van der Waals surface area contributed by atoms with E-state index in [1.165, 1.54) is 0 Å². The molecular weight excluding hydrogens is 298 g/mol. The zero-order chi connectivity index (χ0) is 13.0. The SMILES string of the molecule is Cc1cc(NC(=O)CNc2ccc(Br)cc2)no1. The number of hydrogen-bond acceptors (Lipinski definition) is 4. The average Bonchev–Trinajstić information content (AvgIpc) is 2.74. The molecule has 0 saturated heterocycles. The summed E-state index contributed by atoms with van der Waals surface area (Å²) in [4.78, 5) is 11.6. The maximum Gasteiger partial charge on any atom is 0.244 e. The van der Waals surface area contributed by atoms with Gasteiger partial charge in [-0.25, -0.2) is 0 Å². The Labute approximate surface area is 113 Å². The number of benzene rings is 1. The molecule has 94 valence electrons. The van der Waals surface area contributed by atoms with Crippen molar-refractivity contribution < 1.29 is 9.32 Å². The highest BCUT2D eigenvalue weighted by Crippen LogP contribution is 2.13. The number of amides is 1. The van der Waals surface area contributed by atoms with Gasteiger partial charge in [0.15, 0.2) is 5.82 Å². The van der Waals surface area contributed by atoms with E-state index < -0.39 is 0 Å². The van der Waals surface area contributed by atoms with Gasteiger partial charge in [0.25, 0.3) is 0 Å². The minimum absolute atomic E-state index is 0.174. The Morgan fingerprint density at radius 2 is 2.11 bits per heavy atom. The number of halogens is 1. The molecule has 1 heterocycles. The fraction of sp³-hybridized carbons (Fsp3) is 0.167. The molecule has 6 heteroatoms. The minimum Gasteiger partial charge on any atom is -0.376 e. The maximum absolute atomic E-state index is 11.6. The Balaban J connectivity index is 1.83. The van der Waals surface area contributed by atoms with Crippen LogP contribution in [-0.2, 0) is 4.79 Å². The molecule has 0 spiro atoms. The second-order valence-corrected chi connectivity index (χ2v) is 4.65. The molecule has 2 aromatic rings. The van der Waals surface area contributed by atoms with Gasteiger partial charge in [-0.1, -0.05) is 21.1 Å². The van der Waals surface area contributed by atoms with Gasteiger partial charge >= 0.3 is 0 Å². The summed E-state index contributed by atoms with van der Waals surface area (Å²) < 4.78 is 5.85. The molecule has 0 saturated carbocycles. The van der Waals surface area contributed by atoms with Gasteiger partial charge in [0.2, 0.25) is 5.91 Å². The molecule has 5 nitrogen and oxygen atoms in total. The number of anilines is 2. The number of nitrogens with zero attached hydrogens (tertiary/aromatic N) is 1. The van der Waals surface area contributed by atoms with Gasteiger partial charge in [0.05, 0.1) is 6.54 Å². The first-order valence-electron chi connectivity index (χ1n) is 5.36. The molecule has 1 amide bonds. The first-order valence-corrected chi connectivity index (χ1v) is 6.15. The summed E-state index contributed by atoms with van der Waals surface area (Å²) in [5.74, 6) is 0.910. The Bertz CT molecular complexity index is 537. The van der Waals surface area contributed by atoms with E-state index in [1.807, 2.05) is 24.3 Å². The highest BCUT2D eigenvalue weighted by Gasteiger charge is 2.05. The molecule has 0 aliphatic heterocycles. The highest BCUT2D eigenvalue weighted by atomic mass is 79.9. The summed E-state index contributed by atoms with van der Waals surface area (Å²) in [7, 11) is 0. The lowest BCUT2D eigenvalue weighted by molar-refractivity contribution is -0.114. The lowest BCUT2D eigenvalue weighted by Crippen LogP contribution is -2.21. The van der Waals surface area contributed by atoms with Crippen LogP contribution in [0.5, 0.6) is 0 Å². The summed E-state index contributed by atoms with van der Waals surface area (Å²) in [6.07, 6.45) is 0. The Hall–Kier alpha value is -1.82. The van der Waals surface area contributed by atoms with E-state index in [1.54, 1.807) is 13.0 Å². The number of hydrogen-bond donors (Lipinski definition) is 2. The zero-order valence-corrected chi connectivity index (χ0v) is 11.3. The molecule has 1 aromatic heterocycles. The van der Waals surface area contributed by atoms with Crippen LogP contribution >= 0.6 is 15.9 Å². The van der Waals surface area contributed by atoms with Crippen molar-refractivity contribution in [2.45, 2.75) is 6.92 Å². The van der Waals surface area contributed by atoms with Gasteiger partial charge in [-0.05, 0) is 31.2 Å². The standard InChI is InChI=1S/C12H12BrN3O2/c1-8-6-11(16-18-8)15-12(17)7-14-10-4-2-9(13)3-5-10/h2-6,14H,7H2,1H3,(H,15,16,17). The molecule has 0 atom stereocenters. The Morgan fingerprint density at radius 1 is 1.39 bits per heavy atom. The topological polar surface area (TPSA) is 67.2 Å². The summed E-state index contributed by atoms with van der Waals surface area (Å²) in [6, 6.07) is 9.25. The fourth-order valence-electron chi connectivity index (χ4n) is 1.36. The second kappa shape index (κ2) is 5.68. The van der Waals surface area contributed by atoms with Crippen LogP contribution in [0.25, 0.3) is 0 Å². The third kappa shape index (κ3) is 3.59. The molecule has 0 aliphatic rings. The quantitative estimate of drug-likeness (QED) is 0.911. The van der Waals surface area contributed by atoms with E-state index in [2.05, 4.69) is 31.7 Å². The predicted molar refractivity (Wildman–Crippen MR) is 72.5 cm³/mol. The third-order valence-corrected chi connectivity index (χ3v) is 2.72. The van der Waals surface area contributed by atoms with Gasteiger partial charge in [-0.2, -0.15) is 0 Å². The van der Waals surface area contributed by atoms with E-state index in [9.17, 15) is 4.79 Å². The van der Waals surface area contributed by atoms with Gasteiger partial charge in [-0.15, -0.1) is 0 Å². The summed E-state index contributed by atoms with van der Waals surface area (Å²) in [6.45, 7) is 1.94. The third-order valence-electron chi connectivity index (χ3n) is 2.19. The number of aryl methyl sites for hydroxylation is 1. The van der Waals surface area contributed by atoms with Gasteiger partial charge < -0.3 is 15.2 Å². The number of rotatable bonds is 4. The van der Waals surface area contributed by atoms with E-state index in [0.717, 1.165) is 10.2 Å². The average molecular weight is 310 g/mol. The van der Waals surface area contributed by atoms with Gasteiger partial charge in [0.1, 0.15) is 5.76 Å². The van der Waals surface area contributed by atoms with Crippen molar-refractivity contribution in [1.29, 1.82) is 0 Å². The molecule has 2 rings (SSSR count). The molecule has 0 unspecified atom stereocenters. The lowest BCUT2D eigenvalue weighted by Gasteiger charge is -2.05. The van der Waals surface area contributed by atoms with Crippen LogP contribution in [0.4, 0.5) is 11.5 Å². The molecule has 0 fully saturated rings. The first-order chi connectivity index (χ1) is 8.63. The minimum atomic E-state index is -0.175. The summed E-state index contributed by atoms with van der Waals surface area (Å²) in [5.41, 5.74) is 0.879. The summed E-state index contributed by atoms with van der Waals surface area (Å²) >= 11 is 3.35. The molecule has 2 N–H and O–H groups in total. The fourth-order valence-corrected chi connectivity index (χ4v) is 1.63. The molecule has 0 radical (unpaired) electrons. The van der Waals surface area contributed by atoms with Gasteiger partial charge in [-0.3, -0.25) is 4.79 Å². The van der Waals surface area contributed by atoms with Crippen LogP contribution in [-0.4, -0.2) is 17.6 Å². The first kappa shape index (κ1) is 12.6. The van der Waals surface area contributed by atoms with E-state index in [-0.39, 0.29) is 12.5 Å². The number of nitrogens with one attached hydrogen (secondary N) is 2. The molecule has 0 bridgehead atoms. The number of carbonyl (C=O) groups is 1. The number of aromatic nitrogens is 1. The Morgan fingerprint density at radius 3 is 2.72 bits per heavy atom. The van der Waals surface area contributed by atoms with E-state index in [4.69, 9.17) is 4.52 Å². The predicted octanol–water partition coefficient (Wildman–Crippen LogP) is 2.80. The van der Waals surface area contributed by atoms with E-state index in [0.29, 0.717) is 11.6 Å². The van der Waals surface area contributed by atoms with Crippen molar-refractivity contribution in [2.24, 2.45) is 0 Å². The van der Waals surface area contributed by atoms with Crippen LogP contribution in [0.15, 0.2) is 39.3 Å². The largest absolute Gasteiger partial charge is 0.376 e. The van der Waals surface area contributed by atoms with Crippen molar-refractivity contribution in [3.8, 4) is 0 Å². The van der Waals surface area contributed by atoms with Crippen LogP contribution < -0.4 is 10.6 Å². The van der Waals surface area contributed by atoms with Crippen LogP contribution in [0, 0.1) is 6.92 Å². The van der Waals surface area contributed by atoms with Crippen LogP contribution in [0.2, 0.25) is 0 Å². The van der Waals surface area contributed by atoms with Crippen LogP contribution in [0.3, 0.4) is 0 Å². The molecule has 0 aliphatic carbocycles. The summed E-state index contributed by atoms with van der Waals surface area (Å²) in [5, 5.41) is 9.32. The Kier molecular flexibility index (Phi) is 3.99. The van der Waals surface area contributed by atoms with Crippen molar-refractivity contribution in [2.75, 3.05) is 17.2 Å². The maximum atomic E-state index is 11.6. The lowest BCUT2D eigenvalue weighted by atomic mass is 10.3. The van der Waals surface area contributed by atoms with Crippen molar-refractivity contribution in [3.05, 3.63) is 40.6 Å². The number of carbonyl (C=O) groups excluding carboxylic acids is 1.